The summed E-state index contributed by atoms with van der Waals surface area (Å²) in [6.45, 7) is 4.19. The zero-order valence-electron chi connectivity index (χ0n) is 8.50. The van der Waals surface area contributed by atoms with Crippen LogP contribution in [0.5, 0.6) is 0 Å². The fourth-order valence-corrected chi connectivity index (χ4v) is 2.24. The Hall–Kier alpha value is -0.890. The van der Waals surface area contributed by atoms with Gasteiger partial charge < -0.3 is 5.11 Å². The van der Waals surface area contributed by atoms with Crippen LogP contribution in [0.2, 0.25) is 0 Å². The van der Waals surface area contributed by atoms with Gasteiger partial charge >= 0.3 is 0 Å². The SMILES string of the molecule is CC(C)C1Cc2cc(F)ccc2C1O. The molecule has 0 bridgehead atoms. The van der Waals surface area contributed by atoms with Gasteiger partial charge in [0.1, 0.15) is 5.82 Å². The number of aliphatic hydroxyl groups excluding tert-OH is 1. The maximum Gasteiger partial charge on any atom is 0.123 e. The molecule has 0 amide bonds. The second-order valence-electron chi connectivity index (χ2n) is 4.40. The van der Waals surface area contributed by atoms with Crippen molar-refractivity contribution in [1.29, 1.82) is 0 Å². The highest BCUT2D eigenvalue weighted by Crippen LogP contribution is 2.39. The predicted octanol–water partition coefficient (Wildman–Crippen LogP) is 2.69. The van der Waals surface area contributed by atoms with Gasteiger partial charge in [0.05, 0.1) is 6.10 Å². The van der Waals surface area contributed by atoms with Crippen LogP contribution in [0.4, 0.5) is 4.39 Å². The van der Waals surface area contributed by atoms with E-state index in [-0.39, 0.29) is 11.7 Å². The lowest BCUT2D eigenvalue weighted by Crippen LogP contribution is -2.13. The van der Waals surface area contributed by atoms with Crippen LogP contribution < -0.4 is 0 Å². The summed E-state index contributed by atoms with van der Waals surface area (Å²) in [5.74, 6) is 0.465. The second kappa shape index (κ2) is 3.35. The number of aliphatic hydroxyl groups is 1. The minimum Gasteiger partial charge on any atom is -0.388 e. The van der Waals surface area contributed by atoms with Gasteiger partial charge in [0.2, 0.25) is 0 Å². The molecule has 1 aliphatic rings. The standard InChI is InChI=1S/C12H15FO/c1-7(2)11-6-8-5-9(13)3-4-10(8)12(11)14/h3-5,7,11-12,14H,6H2,1-2H3. The maximum absolute atomic E-state index is 12.9. The Morgan fingerprint density at radius 2 is 2.14 bits per heavy atom. The zero-order chi connectivity index (χ0) is 10.3. The first-order valence-corrected chi connectivity index (χ1v) is 5.06. The van der Waals surface area contributed by atoms with Crippen LogP contribution in [-0.4, -0.2) is 5.11 Å². The first-order valence-electron chi connectivity index (χ1n) is 5.06. The summed E-state index contributed by atoms with van der Waals surface area (Å²) in [4.78, 5) is 0. The third-order valence-electron chi connectivity index (χ3n) is 3.14. The molecule has 2 rings (SSSR count). The van der Waals surface area contributed by atoms with Gasteiger partial charge in [-0.1, -0.05) is 19.9 Å². The smallest absolute Gasteiger partial charge is 0.123 e. The summed E-state index contributed by atoms with van der Waals surface area (Å²) in [5, 5.41) is 9.98. The Balaban J connectivity index is 2.35. The van der Waals surface area contributed by atoms with Crippen LogP contribution in [0.3, 0.4) is 0 Å². The molecule has 0 radical (unpaired) electrons. The Bertz CT molecular complexity index is 346. The van der Waals surface area contributed by atoms with Gasteiger partial charge in [0, 0.05) is 0 Å². The van der Waals surface area contributed by atoms with Crippen molar-refractivity contribution in [3.05, 3.63) is 35.1 Å². The van der Waals surface area contributed by atoms with E-state index in [0.717, 1.165) is 17.5 Å². The second-order valence-corrected chi connectivity index (χ2v) is 4.40. The van der Waals surface area contributed by atoms with Crippen molar-refractivity contribution in [3.8, 4) is 0 Å². The number of hydrogen-bond donors (Lipinski definition) is 1. The van der Waals surface area contributed by atoms with E-state index in [1.807, 2.05) is 0 Å². The van der Waals surface area contributed by atoms with Gasteiger partial charge in [-0.25, -0.2) is 4.39 Å². The molecule has 1 nitrogen and oxygen atoms in total. The molecule has 0 aliphatic heterocycles. The first-order chi connectivity index (χ1) is 6.59. The minimum atomic E-state index is -0.411. The lowest BCUT2D eigenvalue weighted by Gasteiger charge is -2.18. The summed E-state index contributed by atoms with van der Waals surface area (Å²) in [6.07, 6.45) is 0.386. The van der Waals surface area contributed by atoms with Crippen LogP contribution >= 0.6 is 0 Å². The predicted molar refractivity (Wildman–Crippen MR) is 53.4 cm³/mol. The van der Waals surface area contributed by atoms with E-state index in [4.69, 9.17) is 0 Å². The molecule has 1 aliphatic carbocycles. The molecule has 0 saturated carbocycles. The molecule has 2 unspecified atom stereocenters. The molecule has 0 spiro atoms. The molecule has 2 heteroatoms. The van der Waals surface area contributed by atoms with E-state index in [0.29, 0.717) is 5.92 Å². The fraction of sp³-hybridized carbons (Fsp3) is 0.500. The summed E-state index contributed by atoms with van der Waals surface area (Å²) in [6, 6.07) is 4.67. The monoisotopic (exact) mass is 194 g/mol. The molecule has 76 valence electrons. The van der Waals surface area contributed by atoms with Gasteiger partial charge in [0.25, 0.3) is 0 Å². The van der Waals surface area contributed by atoms with E-state index in [1.165, 1.54) is 6.07 Å². The Kier molecular flexibility index (Phi) is 2.31. The van der Waals surface area contributed by atoms with Crippen LogP contribution in [0, 0.1) is 17.7 Å². The Labute approximate surface area is 83.6 Å². The molecule has 0 fully saturated rings. The van der Waals surface area contributed by atoms with Crippen molar-refractivity contribution in [2.45, 2.75) is 26.4 Å². The van der Waals surface area contributed by atoms with Crippen molar-refractivity contribution >= 4 is 0 Å². The molecule has 2 atom stereocenters. The highest BCUT2D eigenvalue weighted by atomic mass is 19.1. The molecule has 0 aromatic heterocycles. The fourth-order valence-electron chi connectivity index (χ4n) is 2.24. The Morgan fingerprint density at radius 1 is 1.43 bits per heavy atom. The van der Waals surface area contributed by atoms with Gasteiger partial charge in [0.15, 0.2) is 0 Å². The maximum atomic E-state index is 12.9. The highest BCUT2D eigenvalue weighted by molar-refractivity contribution is 5.35. The molecule has 1 aromatic carbocycles. The van der Waals surface area contributed by atoms with E-state index < -0.39 is 6.10 Å². The van der Waals surface area contributed by atoms with E-state index in [2.05, 4.69) is 13.8 Å². The average Bonchev–Trinajstić information content (AvgIpc) is 2.43. The number of benzene rings is 1. The molecule has 0 saturated heterocycles. The van der Waals surface area contributed by atoms with Gasteiger partial charge in [-0.05, 0) is 41.5 Å². The molecular weight excluding hydrogens is 179 g/mol. The summed E-state index contributed by atoms with van der Waals surface area (Å²) in [5.41, 5.74) is 1.88. The van der Waals surface area contributed by atoms with Crippen molar-refractivity contribution < 1.29 is 9.50 Å². The number of halogens is 1. The van der Waals surface area contributed by atoms with Crippen molar-refractivity contribution in [1.82, 2.24) is 0 Å². The van der Waals surface area contributed by atoms with Gasteiger partial charge in [-0.2, -0.15) is 0 Å². The van der Waals surface area contributed by atoms with Crippen molar-refractivity contribution in [3.63, 3.8) is 0 Å². The summed E-state index contributed by atoms with van der Waals surface area (Å²) in [7, 11) is 0. The normalized spacial score (nSPS) is 25.5. The third-order valence-corrected chi connectivity index (χ3v) is 3.14. The lowest BCUT2D eigenvalue weighted by molar-refractivity contribution is 0.0968. The quantitative estimate of drug-likeness (QED) is 0.728. The Morgan fingerprint density at radius 3 is 2.79 bits per heavy atom. The van der Waals surface area contributed by atoms with Gasteiger partial charge in [-0.3, -0.25) is 0 Å². The number of hydrogen-bond acceptors (Lipinski definition) is 1. The largest absolute Gasteiger partial charge is 0.388 e. The molecule has 14 heavy (non-hydrogen) atoms. The van der Waals surface area contributed by atoms with Crippen LogP contribution in [-0.2, 0) is 6.42 Å². The summed E-state index contributed by atoms with van der Waals surface area (Å²) < 4.78 is 12.9. The van der Waals surface area contributed by atoms with Crippen LogP contribution in [0.25, 0.3) is 0 Å². The average molecular weight is 194 g/mol. The molecule has 0 heterocycles. The highest BCUT2D eigenvalue weighted by Gasteiger charge is 2.32. The number of fused-ring (bicyclic) bond motifs is 1. The van der Waals surface area contributed by atoms with Crippen molar-refractivity contribution in [2.24, 2.45) is 11.8 Å². The van der Waals surface area contributed by atoms with E-state index >= 15 is 0 Å². The lowest BCUT2D eigenvalue weighted by atomic mass is 9.91. The molecule has 1 aromatic rings. The van der Waals surface area contributed by atoms with E-state index in [9.17, 15) is 9.50 Å². The molecule has 1 N–H and O–H groups in total. The first kappa shape index (κ1) is 9.66. The van der Waals surface area contributed by atoms with E-state index in [1.54, 1.807) is 12.1 Å². The van der Waals surface area contributed by atoms with Gasteiger partial charge in [-0.15, -0.1) is 0 Å². The third kappa shape index (κ3) is 1.44. The minimum absolute atomic E-state index is 0.208. The van der Waals surface area contributed by atoms with Crippen molar-refractivity contribution in [2.75, 3.05) is 0 Å². The zero-order valence-corrected chi connectivity index (χ0v) is 8.50. The summed E-state index contributed by atoms with van der Waals surface area (Å²) >= 11 is 0. The van der Waals surface area contributed by atoms with Crippen LogP contribution in [0.15, 0.2) is 18.2 Å². The number of rotatable bonds is 1. The topological polar surface area (TPSA) is 20.2 Å². The van der Waals surface area contributed by atoms with Crippen LogP contribution in [0.1, 0.15) is 31.1 Å². The molecular formula is C12H15FO.